The molecule has 0 radical (unpaired) electrons. The molecule has 3 aliphatic heterocycles. The molecule has 0 saturated carbocycles. The highest BCUT2D eigenvalue weighted by molar-refractivity contribution is 6.15. The van der Waals surface area contributed by atoms with Crippen LogP contribution in [0.3, 0.4) is 0 Å². The summed E-state index contributed by atoms with van der Waals surface area (Å²) in [6.45, 7) is 2.50. The third-order valence-corrected chi connectivity index (χ3v) is 6.10. The molecule has 1 amide bonds. The maximum atomic E-state index is 13.6. The minimum Gasteiger partial charge on any atom is -0.497 e. The first-order valence-electron chi connectivity index (χ1n) is 9.46. The smallest absolute Gasteiger partial charge is 0.256 e. The summed E-state index contributed by atoms with van der Waals surface area (Å²) < 4.78 is 10.8. The zero-order valence-corrected chi connectivity index (χ0v) is 16.2. The molecule has 4 aliphatic rings. The van der Waals surface area contributed by atoms with Gasteiger partial charge in [0.15, 0.2) is 5.54 Å². The second-order valence-electron chi connectivity index (χ2n) is 7.58. The quantitative estimate of drug-likeness (QED) is 0.825. The number of rotatable bonds is 4. The number of hydrogen-bond donors (Lipinski definition) is 0. The van der Waals surface area contributed by atoms with Crippen molar-refractivity contribution in [2.24, 2.45) is 4.99 Å². The molecule has 2 aromatic carbocycles. The second kappa shape index (κ2) is 5.96. The van der Waals surface area contributed by atoms with Crippen LogP contribution in [-0.2, 0) is 17.8 Å². The van der Waals surface area contributed by atoms with Gasteiger partial charge in [0.05, 0.1) is 26.8 Å². The van der Waals surface area contributed by atoms with E-state index >= 15 is 0 Å². The number of methoxy groups -OCH3 is 2. The van der Waals surface area contributed by atoms with Crippen LogP contribution in [0.2, 0.25) is 0 Å². The highest BCUT2D eigenvalue weighted by Gasteiger charge is 2.57. The lowest BCUT2D eigenvalue weighted by Crippen LogP contribution is -2.61. The Balaban J connectivity index is 1.55. The summed E-state index contributed by atoms with van der Waals surface area (Å²) in [6, 6.07) is 13.9. The van der Waals surface area contributed by atoms with Crippen LogP contribution in [0.15, 0.2) is 53.5 Å². The number of nitrogens with zero attached hydrogens (tertiary/aromatic N) is 2. The summed E-state index contributed by atoms with van der Waals surface area (Å²) in [5.41, 5.74) is 4.58. The molecule has 0 saturated heterocycles. The molecule has 0 aromatic heterocycles. The molecular weight excluding hydrogens is 352 g/mol. The Labute approximate surface area is 164 Å². The Hall–Kier alpha value is -3.08. The Morgan fingerprint density at radius 3 is 2.79 bits per heavy atom. The molecule has 142 valence electrons. The van der Waals surface area contributed by atoms with Crippen molar-refractivity contribution in [2.45, 2.75) is 31.5 Å². The largest absolute Gasteiger partial charge is 0.497 e. The van der Waals surface area contributed by atoms with E-state index < -0.39 is 5.54 Å². The van der Waals surface area contributed by atoms with Gasteiger partial charge in [0.2, 0.25) is 0 Å². The summed E-state index contributed by atoms with van der Waals surface area (Å²) in [5.74, 6) is 1.53. The predicted molar refractivity (Wildman–Crippen MR) is 108 cm³/mol. The standard InChI is InChI=1S/C23H22N2O3/c1-14-20-11-19-18-7-5-4-6-15(18)12-23(19,24-14)22(26)25(20)13-16-8-9-17(27-2)10-21(16)28-3/h4-11,20H,12-13H2,1-3H3. The number of aliphatic imine (C=N–C) groups is 1. The zero-order valence-electron chi connectivity index (χ0n) is 16.2. The summed E-state index contributed by atoms with van der Waals surface area (Å²) in [7, 11) is 3.27. The molecule has 2 unspecified atom stereocenters. The van der Waals surface area contributed by atoms with Crippen molar-refractivity contribution in [3.8, 4) is 11.5 Å². The van der Waals surface area contributed by atoms with E-state index in [2.05, 4.69) is 18.2 Å². The van der Waals surface area contributed by atoms with Gasteiger partial charge in [0.1, 0.15) is 11.5 Å². The minimum absolute atomic E-state index is 0.0784. The summed E-state index contributed by atoms with van der Waals surface area (Å²) in [6.07, 6.45) is 2.86. The van der Waals surface area contributed by atoms with Crippen LogP contribution >= 0.6 is 0 Å². The van der Waals surface area contributed by atoms with Crippen LogP contribution in [0.1, 0.15) is 23.6 Å². The molecule has 5 nitrogen and oxygen atoms in total. The first-order valence-corrected chi connectivity index (χ1v) is 9.46. The van der Waals surface area contributed by atoms with Crippen LogP contribution in [0.5, 0.6) is 11.5 Å². The van der Waals surface area contributed by atoms with Crippen LogP contribution < -0.4 is 9.47 Å². The number of hydrogen-bond acceptors (Lipinski definition) is 4. The molecule has 0 N–H and O–H groups in total. The Morgan fingerprint density at radius 1 is 1.18 bits per heavy atom. The van der Waals surface area contributed by atoms with E-state index in [0.717, 1.165) is 28.3 Å². The van der Waals surface area contributed by atoms with Crippen LogP contribution in [-0.4, -0.2) is 42.3 Å². The first-order chi connectivity index (χ1) is 13.6. The lowest BCUT2D eigenvalue weighted by Gasteiger charge is -2.46. The number of ether oxygens (including phenoxy) is 2. The SMILES string of the molecule is COc1ccc(CN2C(=O)C34Cc5ccccc5C3=CC2C(C)=N4)c(OC)c1. The molecule has 2 atom stereocenters. The zero-order chi connectivity index (χ0) is 19.5. The summed E-state index contributed by atoms with van der Waals surface area (Å²) in [5, 5.41) is 0. The normalized spacial score (nSPS) is 24.5. The summed E-state index contributed by atoms with van der Waals surface area (Å²) in [4.78, 5) is 20.5. The average molecular weight is 374 g/mol. The lowest BCUT2D eigenvalue weighted by atomic mass is 9.79. The molecule has 0 fully saturated rings. The molecule has 2 aromatic rings. The molecule has 5 heteroatoms. The van der Waals surface area contributed by atoms with Gasteiger partial charge in [-0.05, 0) is 41.8 Å². The minimum atomic E-state index is -0.803. The van der Waals surface area contributed by atoms with Crippen LogP contribution in [0, 0.1) is 0 Å². The summed E-state index contributed by atoms with van der Waals surface area (Å²) >= 11 is 0. The van der Waals surface area contributed by atoms with Gasteiger partial charge >= 0.3 is 0 Å². The van der Waals surface area contributed by atoms with Crippen LogP contribution in [0.25, 0.3) is 5.57 Å². The second-order valence-corrected chi connectivity index (χ2v) is 7.58. The van der Waals surface area contributed by atoms with E-state index in [4.69, 9.17) is 14.5 Å². The van der Waals surface area contributed by atoms with Gasteiger partial charge in [-0.1, -0.05) is 24.3 Å². The van der Waals surface area contributed by atoms with Crippen molar-refractivity contribution in [1.29, 1.82) is 0 Å². The van der Waals surface area contributed by atoms with E-state index in [1.807, 2.05) is 42.2 Å². The van der Waals surface area contributed by atoms with E-state index in [9.17, 15) is 4.79 Å². The van der Waals surface area contributed by atoms with Crippen molar-refractivity contribution >= 4 is 17.2 Å². The van der Waals surface area contributed by atoms with E-state index in [1.54, 1.807) is 14.2 Å². The number of carbonyl (C=O) groups is 1. The van der Waals surface area contributed by atoms with Crippen molar-refractivity contribution in [1.82, 2.24) is 4.90 Å². The molecule has 28 heavy (non-hydrogen) atoms. The fraction of sp³-hybridized carbons (Fsp3) is 0.304. The van der Waals surface area contributed by atoms with Gasteiger partial charge in [-0.2, -0.15) is 0 Å². The van der Waals surface area contributed by atoms with E-state index in [1.165, 1.54) is 11.1 Å². The maximum absolute atomic E-state index is 13.6. The topological polar surface area (TPSA) is 51.1 Å². The van der Waals surface area contributed by atoms with Crippen molar-refractivity contribution in [3.63, 3.8) is 0 Å². The fourth-order valence-corrected chi connectivity index (χ4v) is 4.76. The van der Waals surface area contributed by atoms with E-state index in [0.29, 0.717) is 13.0 Å². The monoisotopic (exact) mass is 374 g/mol. The number of benzene rings is 2. The molecule has 6 rings (SSSR count). The van der Waals surface area contributed by atoms with Gasteiger partial charge in [0, 0.05) is 23.8 Å². The van der Waals surface area contributed by atoms with Gasteiger partial charge in [-0.3, -0.25) is 9.79 Å². The number of fused-ring (bicyclic) bond motifs is 2. The van der Waals surface area contributed by atoms with Crippen molar-refractivity contribution in [2.75, 3.05) is 14.2 Å². The Bertz CT molecular complexity index is 1060. The molecule has 1 aliphatic carbocycles. The lowest BCUT2D eigenvalue weighted by molar-refractivity contribution is -0.137. The molecule has 1 spiro atoms. The first kappa shape index (κ1) is 17.0. The Morgan fingerprint density at radius 2 is 2.00 bits per heavy atom. The molecular formula is C23H22N2O3. The molecule has 3 heterocycles. The number of carbonyl (C=O) groups excluding carboxylic acids is 1. The highest BCUT2D eigenvalue weighted by atomic mass is 16.5. The van der Waals surface area contributed by atoms with Gasteiger partial charge in [-0.25, -0.2) is 0 Å². The molecule has 2 bridgehead atoms. The third kappa shape index (κ3) is 2.19. The fourth-order valence-electron chi connectivity index (χ4n) is 4.76. The average Bonchev–Trinajstić information content (AvgIpc) is 3.05. The van der Waals surface area contributed by atoms with Crippen molar-refractivity contribution < 1.29 is 14.3 Å². The number of amides is 1. The van der Waals surface area contributed by atoms with Crippen molar-refractivity contribution in [3.05, 3.63) is 65.2 Å². The highest BCUT2D eigenvalue weighted by Crippen LogP contribution is 2.50. The maximum Gasteiger partial charge on any atom is 0.256 e. The number of dihydropyridines is 1. The Kier molecular flexibility index (Phi) is 3.63. The van der Waals surface area contributed by atoms with Gasteiger partial charge in [0.25, 0.3) is 5.91 Å². The predicted octanol–water partition coefficient (Wildman–Crippen LogP) is 3.27. The van der Waals surface area contributed by atoms with E-state index in [-0.39, 0.29) is 11.9 Å². The van der Waals surface area contributed by atoms with Gasteiger partial charge in [-0.15, -0.1) is 0 Å². The third-order valence-electron chi connectivity index (χ3n) is 6.10. The van der Waals surface area contributed by atoms with Gasteiger partial charge < -0.3 is 14.4 Å². The van der Waals surface area contributed by atoms with Crippen LogP contribution in [0.4, 0.5) is 0 Å².